The number of benzene rings is 1. The lowest BCUT2D eigenvalue weighted by atomic mass is 10.2. The predicted octanol–water partition coefficient (Wildman–Crippen LogP) is 2.46. The van der Waals surface area contributed by atoms with Crippen LogP contribution in [-0.4, -0.2) is 29.2 Å². The number of amides is 1. The molecular formula is C16H19FN4O. The van der Waals surface area contributed by atoms with Gasteiger partial charge in [0.15, 0.2) is 0 Å². The van der Waals surface area contributed by atoms with Crippen LogP contribution in [-0.2, 0) is 0 Å². The highest BCUT2D eigenvalue weighted by Gasteiger charge is 2.04. The van der Waals surface area contributed by atoms with Gasteiger partial charge in [-0.05, 0) is 56.2 Å². The number of carbonyl (C=O) groups is 1. The van der Waals surface area contributed by atoms with Crippen LogP contribution < -0.4 is 10.6 Å². The summed E-state index contributed by atoms with van der Waals surface area (Å²) >= 11 is 0. The van der Waals surface area contributed by atoms with Crippen molar-refractivity contribution in [2.45, 2.75) is 20.3 Å². The Balaban J connectivity index is 1.69. The molecule has 1 heterocycles. The quantitative estimate of drug-likeness (QED) is 0.804. The molecule has 0 aliphatic heterocycles. The fraction of sp³-hybridized carbons (Fsp3) is 0.312. The molecule has 0 radical (unpaired) electrons. The average Bonchev–Trinajstić information content (AvgIpc) is 2.51. The number of nitrogens with zero attached hydrogens (tertiary/aromatic N) is 2. The molecule has 0 fully saturated rings. The first kappa shape index (κ1) is 15.9. The number of halogens is 1. The van der Waals surface area contributed by atoms with Crippen LogP contribution in [0, 0.1) is 19.7 Å². The lowest BCUT2D eigenvalue weighted by Crippen LogP contribution is -2.25. The van der Waals surface area contributed by atoms with E-state index in [0.717, 1.165) is 23.5 Å². The molecule has 0 saturated heterocycles. The van der Waals surface area contributed by atoms with Crippen LogP contribution in [0.5, 0.6) is 0 Å². The summed E-state index contributed by atoms with van der Waals surface area (Å²) in [7, 11) is 0. The number of carbonyl (C=O) groups excluding carboxylic acids is 1. The highest BCUT2D eigenvalue weighted by Crippen LogP contribution is 2.07. The standard InChI is InChI=1S/C16H19FN4O/c1-11-10-15(21-20-12(11)2)18-8-3-9-19-16(22)13-4-6-14(17)7-5-13/h4-7,10H,3,8-9H2,1-2H3,(H,18,21)(H,19,22). The third-order valence-corrected chi connectivity index (χ3v) is 3.28. The molecule has 0 aliphatic carbocycles. The molecule has 0 unspecified atom stereocenters. The Labute approximate surface area is 129 Å². The molecule has 116 valence electrons. The summed E-state index contributed by atoms with van der Waals surface area (Å²) in [6.45, 7) is 5.11. The number of hydrogen-bond acceptors (Lipinski definition) is 4. The molecule has 1 aromatic heterocycles. The van der Waals surface area contributed by atoms with Crippen molar-refractivity contribution < 1.29 is 9.18 Å². The molecule has 2 rings (SSSR count). The van der Waals surface area contributed by atoms with Gasteiger partial charge < -0.3 is 10.6 Å². The van der Waals surface area contributed by atoms with E-state index in [2.05, 4.69) is 20.8 Å². The molecule has 6 heteroatoms. The molecule has 0 atom stereocenters. The zero-order chi connectivity index (χ0) is 15.9. The average molecular weight is 302 g/mol. The Morgan fingerprint density at radius 2 is 1.86 bits per heavy atom. The maximum absolute atomic E-state index is 12.8. The lowest BCUT2D eigenvalue weighted by Gasteiger charge is -2.08. The van der Waals surface area contributed by atoms with Gasteiger partial charge in [-0.25, -0.2) is 4.39 Å². The van der Waals surface area contributed by atoms with Gasteiger partial charge in [-0.1, -0.05) is 0 Å². The fourth-order valence-corrected chi connectivity index (χ4v) is 1.84. The fourth-order valence-electron chi connectivity index (χ4n) is 1.84. The summed E-state index contributed by atoms with van der Waals surface area (Å²) in [6.07, 6.45) is 0.752. The maximum Gasteiger partial charge on any atom is 0.251 e. The van der Waals surface area contributed by atoms with Gasteiger partial charge in [-0.3, -0.25) is 4.79 Å². The molecule has 2 N–H and O–H groups in total. The first-order valence-corrected chi connectivity index (χ1v) is 7.15. The summed E-state index contributed by atoms with van der Waals surface area (Å²) in [5.74, 6) is 0.175. The van der Waals surface area contributed by atoms with E-state index in [1.54, 1.807) is 0 Å². The van der Waals surface area contributed by atoms with Crippen LogP contribution >= 0.6 is 0 Å². The molecule has 22 heavy (non-hydrogen) atoms. The Morgan fingerprint density at radius 1 is 1.14 bits per heavy atom. The minimum absolute atomic E-state index is 0.203. The van der Waals surface area contributed by atoms with Gasteiger partial charge in [0.05, 0.1) is 5.69 Å². The third kappa shape index (κ3) is 4.51. The van der Waals surface area contributed by atoms with E-state index in [-0.39, 0.29) is 11.7 Å². The molecule has 1 amide bonds. The number of anilines is 1. The summed E-state index contributed by atoms with van der Waals surface area (Å²) in [6, 6.07) is 7.42. The number of aryl methyl sites for hydroxylation is 2. The van der Waals surface area contributed by atoms with Crippen LogP contribution in [0.3, 0.4) is 0 Å². The van der Waals surface area contributed by atoms with Crippen LogP contribution in [0.25, 0.3) is 0 Å². The molecule has 5 nitrogen and oxygen atoms in total. The van der Waals surface area contributed by atoms with Gasteiger partial charge in [0.25, 0.3) is 5.91 Å². The van der Waals surface area contributed by atoms with Gasteiger partial charge in [-0.15, -0.1) is 5.10 Å². The summed E-state index contributed by atoms with van der Waals surface area (Å²) in [5, 5.41) is 14.0. The molecule has 1 aromatic carbocycles. The first-order valence-electron chi connectivity index (χ1n) is 7.15. The Bertz CT molecular complexity index is 643. The van der Waals surface area contributed by atoms with Crippen molar-refractivity contribution in [2.75, 3.05) is 18.4 Å². The van der Waals surface area contributed by atoms with Crippen molar-refractivity contribution >= 4 is 11.7 Å². The van der Waals surface area contributed by atoms with E-state index < -0.39 is 0 Å². The number of nitrogens with one attached hydrogen (secondary N) is 2. The maximum atomic E-state index is 12.8. The lowest BCUT2D eigenvalue weighted by molar-refractivity contribution is 0.0953. The SMILES string of the molecule is Cc1cc(NCCCNC(=O)c2ccc(F)cc2)nnc1C. The van der Waals surface area contributed by atoms with Gasteiger partial charge in [0, 0.05) is 18.7 Å². The molecule has 2 aromatic rings. The number of hydrogen-bond donors (Lipinski definition) is 2. The van der Waals surface area contributed by atoms with E-state index in [1.165, 1.54) is 24.3 Å². The van der Waals surface area contributed by atoms with E-state index in [1.807, 2.05) is 19.9 Å². The summed E-state index contributed by atoms with van der Waals surface area (Å²) in [4.78, 5) is 11.8. The topological polar surface area (TPSA) is 66.9 Å². The number of rotatable bonds is 6. The molecule has 0 saturated carbocycles. The van der Waals surface area contributed by atoms with Gasteiger partial charge in [0.1, 0.15) is 11.6 Å². The van der Waals surface area contributed by atoms with Crippen LogP contribution in [0.4, 0.5) is 10.2 Å². The monoisotopic (exact) mass is 302 g/mol. The highest BCUT2D eigenvalue weighted by atomic mass is 19.1. The van der Waals surface area contributed by atoms with E-state index >= 15 is 0 Å². The van der Waals surface area contributed by atoms with E-state index in [4.69, 9.17) is 0 Å². The van der Waals surface area contributed by atoms with Gasteiger partial charge in [0.2, 0.25) is 0 Å². The second kappa shape index (κ2) is 7.49. The summed E-state index contributed by atoms with van der Waals surface area (Å²) in [5.41, 5.74) is 2.45. The predicted molar refractivity (Wildman–Crippen MR) is 83.3 cm³/mol. The van der Waals surface area contributed by atoms with Gasteiger partial charge in [-0.2, -0.15) is 5.10 Å². The number of aromatic nitrogens is 2. The Kier molecular flexibility index (Phi) is 5.41. The van der Waals surface area contributed by atoms with Crippen molar-refractivity contribution in [2.24, 2.45) is 0 Å². The Morgan fingerprint density at radius 3 is 2.55 bits per heavy atom. The Hall–Kier alpha value is -2.50. The van der Waals surface area contributed by atoms with Crippen molar-refractivity contribution in [3.8, 4) is 0 Å². The van der Waals surface area contributed by atoms with Crippen LogP contribution in [0.1, 0.15) is 28.0 Å². The zero-order valence-electron chi connectivity index (χ0n) is 12.7. The van der Waals surface area contributed by atoms with E-state index in [9.17, 15) is 9.18 Å². The van der Waals surface area contributed by atoms with Crippen molar-refractivity contribution in [3.63, 3.8) is 0 Å². The second-order valence-corrected chi connectivity index (χ2v) is 5.04. The van der Waals surface area contributed by atoms with E-state index in [0.29, 0.717) is 18.7 Å². The van der Waals surface area contributed by atoms with Crippen molar-refractivity contribution in [1.29, 1.82) is 0 Å². The van der Waals surface area contributed by atoms with Crippen LogP contribution in [0.2, 0.25) is 0 Å². The normalized spacial score (nSPS) is 10.3. The molecule has 0 spiro atoms. The van der Waals surface area contributed by atoms with Gasteiger partial charge >= 0.3 is 0 Å². The van der Waals surface area contributed by atoms with Crippen LogP contribution in [0.15, 0.2) is 30.3 Å². The van der Waals surface area contributed by atoms with Crippen molar-refractivity contribution in [3.05, 3.63) is 53.0 Å². The molecule has 0 aliphatic rings. The largest absolute Gasteiger partial charge is 0.369 e. The molecular weight excluding hydrogens is 283 g/mol. The van der Waals surface area contributed by atoms with Crippen molar-refractivity contribution in [1.82, 2.24) is 15.5 Å². The zero-order valence-corrected chi connectivity index (χ0v) is 12.7. The third-order valence-electron chi connectivity index (χ3n) is 3.28. The minimum atomic E-state index is -0.352. The first-order chi connectivity index (χ1) is 10.6. The molecule has 0 bridgehead atoms. The highest BCUT2D eigenvalue weighted by molar-refractivity contribution is 5.94. The smallest absolute Gasteiger partial charge is 0.251 e. The second-order valence-electron chi connectivity index (χ2n) is 5.04. The minimum Gasteiger partial charge on any atom is -0.369 e. The summed E-state index contributed by atoms with van der Waals surface area (Å²) < 4.78 is 12.8.